The van der Waals surface area contributed by atoms with Gasteiger partial charge in [-0.15, -0.1) is 0 Å². The minimum atomic E-state index is -0.653. The second-order valence-electron chi connectivity index (χ2n) is 6.31. The van der Waals surface area contributed by atoms with Crippen LogP contribution in [0, 0.1) is 24.0 Å². The van der Waals surface area contributed by atoms with E-state index in [1.54, 1.807) is 42.1 Å². The van der Waals surface area contributed by atoms with Gasteiger partial charge in [0.2, 0.25) is 0 Å². The number of amides is 1. The highest BCUT2D eigenvalue weighted by Gasteiger charge is 2.14. The number of hydrogen-bond donors (Lipinski definition) is 1. The van der Waals surface area contributed by atoms with Gasteiger partial charge in [-0.2, -0.15) is 5.10 Å². The highest BCUT2D eigenvalue weighted by molar-refractivity contribution is 5.96. The Morgan fingerprint density at radius 3 is 2.48 bits per heavy atom. The van der Waals surface area contributed by atoms with Crippen LogP contribution in [0.25, 0.3) is 5.69 Å². The number of carbonyl (C=O) groups is 2. The number of rotatable bonds is 6. The zero-order chi connectivity index (χ0) is 21.0. The van der Waals surface area contributed by atoms with E-state index in [1.165, 1.54) is 18.2 Å². The summed E-state index contributed by atoms with van der Waals surface area (Å²) in [7, 11) is 0. The molecular weight excluding hydrogens is 376 g/mol. The van der Waals surface area contributed by atoms with E-state index in [0.29, 0.717) is 11.3 Å². The number of ether oxygens (including phenoxy) is 1. The summed E-state index contributed by atoms with van der Waals surface area (Å²) < 4.78 is 6.75. The van der Waals surface area contributed by atoms with Crippen molar-refractivity contribution in [3.8, 4) is 5.69 Å². The molecule has 1 heterocycles. The number of carbonyl (C=O) groups excluding carboxylic acids is 2. The number of nitrogens with zero attached hydrogens (tertiary/aromatic N) is 3. The predicted octanol–water partition coefficient (Wildman–Crippen LogP) is 3.19. The van der Waals surface area contributed by atoms with Crippen molar-refractivity contribution in [1.82, 2.24) is 9.78 Å². The van der Waals surface area contributed by atoms with Crippen LogP contribution in [-0.4, -0.2) is 33.2 Å². The number of anilines is 1. The van der Waals surface area contributed by atoms with E-state index in [4.69, 9.17) is 4.74 Å². The summed E-state index contributed by atoms with van der Waals surface area (Å²) in [5.74, 6) is -1.25. The summed E-state index contributed by atoms with van der Waals surface area (Å²) >= 11 is 0. The summed E-state index contributed by atoms with van der Waals surface area (Å²) in [4.78, 5) is 34.5. The molecule has 0 atom stereocenters. The molecule has 0 spiro atoms. The van der Waals surface area contributed by atoms with E-state index in [2.05, 4.69) is 10.4 Å². The van der Waals surface area contributed by atoms with Gasteiger partial charge in [-0.25, -0.2) is 9.48 Å². The minimum absolute atomic E-state index is 0.143. The molecule has 1 N–H and O–H groups in total. The number of esters is 1. The Morgan fingerprint density at radius 1 is 1.14 bits per heavy atom. The number of nitro groups is 1. The molecule has 0 radical (unpaired) electrons. The van der Waals surface area contributed by atoms with Crippen LogP contribution in [0.4, 0.5) is 11.4 Å². The summed E-state index contributed by atoms with van der Waals surface area (Å²) in [6.45, 7) is 3.10. The zero-order valence-corrected chi connectivity index (χ0v) is 15.8. The quantitative estimate of drug-likeness (QED) is 0.390. The molecule has 148 valence electrons. The minimum Gasteiger partial charge on any atom is -0.452 e. The van der Waals surface area contributed by atoms with Crippen molar-refractivity contribution in [2.75, 3.05) is 11.9 Å². The third-order valence-electron chi connectivity index (χ3n) is 4.22. The highest BCUT2D eigenvalue weighted by Crippen LogP contribution is 2.21. The predicted molar refractivity (Wildman–Crippen MR) is 105 cm³/mol. The third-order valence-corrected chi connectivity index (χ3v) is 4.22. The molecule has 2 aromatic carbocycles. The molecule has 1 aromatic heterocycles. The first kappa shape index (κ1) is 19.7. The Bertz CT molecular complexity index is 1070. The first-order chi connectivity index (χ1) is 13.8. The highest BCUT2D eigenvalue weighted by atomic mass is 16.6. The van der Waals surface area contributed by atoms with Gasteiger partial charge in [0.15, 0.2) is 6.61 Å². The normalized spacial score (nSPS) is 10.4. The molecule has 9 nitrogen and oxygen atoms in total. The van der Waals surface area contributed by atoms with E-state index in [1.807, 2.05) is 13.0 Å². The number of nitrogens with one attached hydrogen (secondary N) is 1. The second-order valence-corrected chi connectivity index (χ2v) is 6.31. The first-order valence-corrected chi connectivity index (χ1v) is 8.68. The molecule has 9 heteroatoms. The maximum absolute atomic E-state index is 12.2. The number of aromatic nitrogens is 2. The molecule has 1 amide bonds. The standard InChI is InChI=1S/C20H18N4O5/c1-13-3-6-17(24(27)28)11-18(13)22-19(25)12-29-20(26)15-4-7-16(8-5-15)23-14(2)9-10-21-23/h3-11H,12H2,1-2H3,(H,22,25). The van der Waals surface area contributed by atoms with Crippen LogP contribution in [0.2, 0.25) is 0 Å². The third kappa shape index (κ3) is 4.64. The molecular formula is C20H18N4O5. The largest absolute Gasteiger partial charge is 0.452 e. The van der Waals surface area contributed by atoms with Gasteiger partial charge in [-0.3, -0.25) is 14.9 Å². The summed E-state index contributed by atoms with van der Waals surface area (Å²) in [5.41, 5.74) is 2.84. The lowest BCUT2D eigenvalue weighted by atomic mass is 10.2. The molecule has 3 rings (SSSR count). The van der Waals surface area contributed by atoms with Crippen molar-refractivity contribution in [2.24, 2.45) is 0 Å². The van der Waals surface area contributed by atoms with E-state index in [0.717, 1.165) is 11.4 Å². The summed E-state index contributed by atoms with van der Waals surface area (Å²) in [6, 6.07) is 12.6. The lowest BCUT2D eigenvalue weighted by molar-refractivity contribution is -0.384. The monoisotopic (exact) mass is 394 g/mol. The van der Waals surface area contributed by atoms with E-state index < -0.39 is 23.4 Å². The molecule has 0 aliphatic carbocycles. The molecule has 0 saturated carbocycles. The number of nitro benzene ring substituents is 1. The molecule has 29 heavy (non-hydrogen) atoms. The van der Waals surface area contributed by atoms with Gasteiger partial charge in [0.1, 0.15) is 0 Å². The fourth-order valence-corrected chi connectivity index (χ4v) is 2.64. The molecule has 0 saturated heterocycles. The average Bonchev–Trinajstić information content (AvgIpc) is 3.13. The van der Waals surface area contributed by atoms with Gasteiger partial charge in [0.05, 0.1) is 21.9 Å². The van der Waals surface area contributed by atoms with Crippen molar-refractivity contribution >= 4 is 23.3 Å². The Morgan fingerprint density at radius 2 is 1.86 bits per heavy atom. The summed E-state index contributed by atoms with van der Waals surface area (Å²) in [6.07, 6.45) is 1.68. The van der Waals surface area contributed by atoms with Gasteiger partial charge in [-0.05, 0) is 49.7 Å². The van der Waals surface area contributed by atoms with Crippen LogP contribution < -0.4 is 5.32 Å². The zero-order valence-electron chi connectivity index (χ0n) is 15.8. The molecule has 0 bridgehead atoms. The molecule has 3 aromatic rings. The summed E-state index contributed by atoms with van der Waals surface area (Å²) in [5, 5.41) is 17.6. The van der Waals surface area contributed by atoms with Crippen LogP contribution in [0.1, 0.15) is 21.6 Å². The van der Waals surface area contributed by atoms with Crippen LogP contribution in [0.3, 0.4) is 0 Å². The fourth-order valence-electron chi connectivity index (χ4n) is 2.64. The van der Waals surface area contributed by atoms with E-state index in [9.17, 15) is 19.7 Å². The van der Waals surface area contributed by atoms with Crippen LogP contribution in [-0.2, 0) is 9.53 Å². The van der Waals surface area contributed by atoms with Crippen LogP contribution in [0.15, 0.2) is 54.7 Å². The van der Waals surface area contributed by atoms with Gasteiger partial charge in [0.25, 0.3) is 11.6 Å². The molecule has 0 unspecified atom stereocenters. The number of aryl methyl sites for hydroxylation is 2. The Hall–Kier alpha value is -4.01. The Balaban J connectivity index is 1.59. The van der Waals surface area contributed by atoms with Gasteiger partial charge in [0, 0.05) is 24.0 Å². The SMILES string of the molecule is Cc1ccc([N+](=O)[O-])cc1NC(=O)COC(=O)c1ccc(-n2nccc2C)cc1. The van der Waals surface area contributed by atoms with Crippen molar-refractivity contribution in [3.05, 3.63) is 81.7 Å². The topological polar surface area (TPSA) is 116 Å². The second kappa shape index (κ2) is 8.34. The number of hydrogen-bond acceptors (Lipinski definition) is 6. The lowest BCUT2D eigenvalue weighted by Gasteiger charge is -2.09. The smallest absolute Gasteiger partial charge is 0.338 e. The van der Waals surface area contributed by atoms with Crippen molar-refractivity contribution in [3.63, 3.8) is 0 Å². The molecule has 0 aliphatic heterocycles. The van der Waals surface area contributed by atoms with E-state index in [-0.39, 0.29) is 11.3 Å². The first-order valence-electron chi connectivity index (χ1n) is 8.68. The van der Waals surface area contributed by atoms with Gasteiger partial charge >= 0.3 is 5.97 Å². The van der Waals surface area contributed by atoms with Gasteiger partial charge < -0.3 is 10.1 Å². The van der Waals surface area contributed by atoms with Crippen LogP contribution >= 0.6 is 0 Å². The van der Waals surface area contributed by atoms with Crippen molar-refractivity contribution in [2.45, 2.75) is 13.8 Å². The van der Waals surface area contributed by atoms with E-state index >= 15 is 0 Å². The fraction of sp³-hybridized carbons (Fsp3) is 0.150. The lowest BCUT2D eigenvalue weighted by Crippen LogP contribution is -2.21. The maximum Gasteiger partial charge on any atom is 0.338 e. The molecule has 0 fully saturated rings. The molecule has 0 aliphatic rings. The number of benzene rings is 2. The average molecular weight is 394 g/mol. The Labute approximate surface area is 166 Å². The maximum atomic E-state index is 12.2. The van der Waals surface area contributed by atoms with Gasteiger partial charge in [-0.1, -0.05) is 6.07 Å². The number of non-ortho nitro benzene ring substituents is 1. The van der Waals surface area contributed by atoms with Crippen molar-refractivity contribution in [1.29, 1.82) is 0 Å². The van der Waals surface area contributed by atoms with Crippen molar-refractivity contribution < 1.29 is 19.2 Å². The van der Waals surface area contributed by atoms with Crippen LogP contribution in [0.5, 0.6) is 0 Å². The Kier molecular flexibility index (Phi) is 5.68.